The lowest BCUT2D eigenvalue weighted by Gasteiger charge is -2.12. The van der Waals surface area contributed by atoms with E-state index in [1.807, 2.05) is 0 Å². The van der Waals surface area contributed by atoms with Crippen LogP contribution in [0, 0.1) is 0 Å². The zero-order chi connectivity index (χ0) is 17.1. The van der Waals surface area contributed by atoms with Crippen molar-refractivity contribution in [2.45, 2.75) is 36.2 Å². The van der Waals surface area contributed by atoms with Gasteiger partial charge in [0, 0.05) is 17.7 Å². The van der Waals surface area contributed by atoms with Gasteiger partial charge in [0.05, 0.1) is 19.5 Å². The molecule has 1 aromatic carbocycles. The first-order valence-electron chi connectivity index (χ1n) is 7.63. The van der Waals surface area contributed by atoms with Crippen LogP contribution in [-0.2, 0) is 4.79 Å². The number of carbonyl (C=O) groups is 1. The van der Waals surface area contributed by atoms with Gasteiger partial charge in [0.1, 0.15) is 0 Å². The summed E-state index contributed by atoms with van der Waals surface area (Å²) in [6, 6.07) is 5.22. The van der Waals surface area contributed by atoms with Gasteiger partial charge in [-0.3, -0.25) is 4.79 Å². The topological polar surface area (TPSA) is 86.5 Å². The van der Waals surface area contributed by atoms with E-state index in [0.29, 0.717) is 34.2 Å². The minimum Gasteiger partial charge on any atom is -0.493 e. The number of thioether (sulfide) groups is 1. The lowest BCUT2D eigenvalue weighted by atomic mass is 10.2. The Balaban J connectivity index is 1.60. The highest BCUT2D eigenvalue weighted by Crippen LogP contribution is 2.40. The highest BCUT2D eigenvalue weighted by Gasteiger charge is 2.30. The average Bonchev–Trinajstić information content (AvgIpc) is 3.34. The molecular weight excluding hydrogens is 330 g/mol. The number of ether oxygens (including phenoxy) is 2. The summed E-state index contributed by atoms with van der Waals surface area (Å²) < 4.78 is 16.0. The minimum atomic E-state index is -0.370. The number of rotatable bonds is 7. The fourth-order valence-corrected chi connectivity index (χ4v) is 2.82. The molecule has 3 rings (SSSR count). The van der Waals surface area contributed by atoms with E-state index in [4.69, 9.17) is 13.9 Å². The summed E-state index contributed by atoms with van der Waals surface area (Å²) in [7, 11) is 3.12. The summed E-state index contributed by atoms with van der Waals surface area (Å²) in [5, 5.41) is 10.9. The molecule has 1 N–H and O–H groups in total. The number of methoxy groups -OCH3 is 2. The summed E-state index contributed by atoms with van der Waals surface area (Å²) in [6.07, 6.45) is 2.20. The van der Waals surface area contributed by atoms with Crippen molar-refractivity contribution in [3.05, 3.63) is 24.1 Å². The second kappa shape index (κ2) is 7.12. The number of anilines is 1. The molecule has 0 aliphatic heterocycles. The van der Waals surface area contributed by atoms with Gasteiger partial charge in [0.25, 0.3) is 5.22 Å². The quantitative estimate of drug-likeness (QED) is 0.769. The van der Waals surface area contributed by atoms with Crippen LogP contribution in [0.25, 0.3) is 0 Å². The van der Waals surface area contributed by atoms with Crippen LogP contribution < -0.4 is 14.8 Å². The molecule has 1 aliphatic carbocycles. The van der Waals surface area contributed by atoms with Crippen molar-refractivity contribution < 1.29 is 18.7 Å². The maximum atomic E-state index is 12.3. The highest BCUT2D eigenvalue weighted by molar-refractivity contribution is 8.00. The molecule has 128 valence electrons. The molecule has 7 nitrogen and oxygen atoms in total. The summed E-state index contributed by atoms with van der Waals surface area (Å²) in [5.74, 6) is 2.09. The molecule has 24 heavy (non-hydrogen) atoms. The normalized spacial score (nSPS) is 15.0. The largest absolute Gasteiger partial charge is 0.493 e. The monoisotopic (exact) mass is 349 g/mol. The van der Waals surface area contributed by atoms with E-state index in [-0.39, 0.29) is 11.2 Å². The Morgan fingerprint density at radius 1 is 1.29 bits per heavy atom. The molecule has 1 saturated carbocycles. The molecule has 0 bridgehead atoms. The Hall–Kier alpha value is -2.22. The number of nitrogens with one attached hydrogen (secondary N) is 1. The van der Waals surface area contributed by atoms with Gasteiger partial charge >= 0.3 is 0 Å². The smallest absolute Gasteiger partial charge is 0.277 e. The third-order valence-electron chi connectivity index (χ3n) is 3.65. The van der Waals surface area contributed by atoms with E-state index in [2.05, 4.69) is 15.5 Å². The maximum absolute atomic E-state index is 12.3. The molecule has 0 radical (unpaired) electrons. The van der Waals surface area contributed by atoms with Crippen molar-refractivity contribution in [2.24, 2.45) is 0 Å². The lowest BCUT2D eigenvalue weighted by Crippen LogP contribution is -2.22. The van der Waals surface area contributed by atoms with E-state index in [1.54, 1.807) is 39.3 Å². The third kappa shape index (κ3) is 3.81. The fourth-order valence-electron chi connectivity index (χ4n) is 2.13. The number of amides is 1. The van der Waals surface area contributed by atoms with Crippen LogP contribution in [-0.4, -0.2) is 35.6 Å². The van der Waals surface area contributed by atoms with E-state index < -0.39 is 0 Å². The molecule has 1 amide bonds. The van der Waals surface area contributed by atoms with Gasteiger partial charge in [-0.1, -0.05) is 11.8 Å². The van der Waals surface area contributed by atoms with E-state index in [9.17, 15) is 4.79 Å². The molecule has 1 fully saturated rings. The molecule has 0 saturated heterocycles. The van der Waals surface area contributed by atoms with E-state index in [1.165, 1.54) is 11.8 Å². The number of benzene rings is 1. The van der Waals surface area contributed by atoms with Crippen LogP contribution in [0.15, 0.2) is 27.8 Å². The summed E-state index contributed by atoms with van der Waals surface area (Å²) >= 11 is 1.25. The van der Waals surface area contributed by atoms with Gasteiger partial charge in [0.15, 0.2) is 11.5 Å². The van der Waals surface area contributed by atoms with Gasteiger partial charge in [-0.05, 0) is 31.9 Å². The second-order valence-corrected chi connectivity index (χ2v) is 6.79. The summed E-state index contributed by atoms with van der Waals surface area (Å²) in [6.45, 7) is 1.79. The Morgan fingerprint density at radius 2 is 2.04 bits per heavy atom. The van der Waals surface area contributed by atoms with Crippen molar-refractivity contribution in [1.82, 2.24) is 10.2 Å². The number of carbonyl (C=O) groups excluding carboxylic acids is 1. The third-order valence-corrected chi connectivity index (χ3v) is 4.58. The van der Waals surface area contributed by atoms with E-state index in [0.717, 1.165) is 12.8 Å². The molecule has 0 spiro atoms. The Kier molecular flexibility index (Phi) is 4.94. The van der Waals surface area contributed by atoms with Crippen LogP contribution in [0.5, 0.6) is 11.5 Å². The van der Waals surface area contributed by atoms with Crippen LogP contribution in [0.2, 0.25) is 0 Å². The Bertz CT molecular complexity index is 730. The van der Waals surface area contributed by atoms with Crippen LogP contribution in [0.4, 0.5) is 5.69 Å². The second-order valence-electron chi connectivity index (χ2n) is 5.50. The SMILES string of the molecule is COc1ccc(NC(=O)[C@@H](C)Sc2nnc(C3CC3)o2)cc1OC. The standard InChI is InChI=1S/C16H19N3O4S/c1-9(24-16-19-18-15(23-16)10-4-5-10)14(20)17-11-6-7-12(21-2)13(8-11)22-3/h6-10H,4-5H2,1-3H3,(H,17,20)/t9-/m1/s1. The first-order valence-corrected chi connectivity index (χ1v) is 8.51. The minimum absolute atomic E-state index is 0.154. The zero-order valence-corrected chi connectivity index (χ0v) is 14.6. The van der Waals surface area contributed by atoms with Crippen molar-refractivity contribution in [1.29, 1.82) is 0 Å². The van der Waals surface area contributed by atoms with Crippen molar-refractivity contribution in [2.75, 3.05) is 19.5 Å². The molecule has 8 heteroatoms. The molecule has 1 aromatic heterocycles. The highest BCUT2D eigenvalue weighted by atomic mass is 32.2. The first kappa shape index (κ1) is 16.6. The predicted molar refractivity (Wildman–Crippen MR) is 89.8 cm³/mol. The van der Waals surface area contributed by atoms with Crippen molar-refractivity contribution >= 4 is 23.4 Å². The maximum Gasteiger partial charge on any atom is 0.277 e. The molecule has 1 heterocycles. The Morgan fingerprint density at radius 3 is 2.71 bits per heavy atom. The van der Waals surface area contributed by atoms with E-state index >= 15 is 0 Å². The first-order chi connectivity index (χ1) is 11.6. The van der Waals surface area contributed by atoms with Crippen molar-refractivity contribution in [3.8, 4) is 11.5 Å². The summed E-state index contributed by atoms with van der Waals surface area (Å²) in [4.78, 5) is 12.3. The van der Waals surface area contributed by atoms with Gasteiger partial charge < -0.3 is 19.2 Å². The zero-order valence-electron chi connectivity index (χ0n) is 13.7. The molecule has 0 unspecified atom stereocenters. The van der Waals surface area contributed by atoms with Gasteiger partial charge in [0.2, 0.25) is 11.8 Å². The summed E-state index contributed by atoms with van der Waals surface area (Å²) in [5.41, 5.74) is 0.634. The van der Waals surface area contributed by atoms with Gasteiger partial charge in [-0.2, -0.15) is 0 Å². The average molecular weight is 349 g/mol. The lowest BCUT2D eigenvalue weighted by molar-refractivity contribution is -0.115. The fraction of sp³-hybridized carbons (Fsp3) is 0.438. The van der Waals surface area contributed by atoms with Gasteiger partial charge in [-0.25, -0.2) is 0 Å². The Labute approximate surface area is 144 Å². The van der Waals surface area contributed by atoms with Crippen LogP contribution in [0.1, 0.15) is 31.6 Å². The number of hydrogen-bond acceptors (Lipinski definition) is 7. The molecule has 1 atom stereocenters. The number of aromatic nitrogens is 2. The molecule has 1 aliphatic rings. The molecular formula is C16H19N3O4S. The van der Waals surface area contributed by atoms with Crippen LogP contribution in [0.3, 0.4) is 0 Å². The molecule has 2 aromatic rings. The van der Waals surface area contributed by atoms with Gasteiger partial charge in [-0.15, -0.1) is 10.2 Å². The predicted octanol–water partition coefficient (Wildman–Crippen LogP) is 3.08. The van der Waals surface area contributed by atoms with Crippen LogP contribution >= 0.6 is 11.8 Å². The number of nitrogens with zero attached hydrogens (tertiary/aromatic N) is 2. The number of hydrogen-bond donors (Lipinski definition) is 1. The van der Waals surface area contributed by atoms with Crippen molar-refractivity contribution in [3.63, 3.8) is 0 Å².